The number of hydrogen-bond donors (Lipinski definition) is 0. The molecule has 0 unspecified atom stereocenters. The van der Waals surface area contributed by atoms with Gasteiger partial charge >= 0.3 is 0 Å². The lowest BCUT2D eigenvalue weighted by atomic mass is 9.70. The van der Waals surface area contributed by atoms with Gasteiger partial charge in [0, 0.05) is 33.8 Å². The topological polar surface area (TPSA) is 33.2 Å². The molecule has 5 heteroatoms. The summed E-state index contributed by atoms with van der Waals surface area (Å²) < 4.78 is 1.20. The summed E-state index contributed by atoms with van der Waals surface area (Å²) in [6.07, 6.45) is 7.78. The smallest absolute Gasteiger partial charge is 0.173 e. The number of thiophene rings is 1. The van der Waals surface area contributed by atoms with Gasteiger partial charge in [-0.2, -0.15) is 0 Å². The number of carbonyl (C=O) groups excluding carboxylic acids is 1. The van der Waals surface area contributed by atoms with Gasteiger partial charge in [-0.1, -0.05) is 18.2 Å². The van der Waals surface area contributed by atoms with Crippen molar-refractivity contribution in [1.29, 1.82) is 0 Å². The zero-order chi connectivity index (χ0) is 18.0. The van der Waals surface area contributed by atoms with Crippen molar-refractivity contribution in [3.63, 3.8) is 0 Å². The maximum atomic E-state index is 13.3. The highest BCUT2D eigenvalue weighted by Crippen LogP contribution is 2.58. The zero-order valence-corrected chi connectivity index (χ0v) is 16.8. The minimum absolute atomic E-state index is 0.353. The van der Waals surface area contributed by atoms with Gasteiger partial charge in [-0.3, -0.25) is 9.69 Å². The molecular weight excluding hydrogens is 372 g/mol. The summed E-state index contributed by atoms with van der Waals surface area (Å²) in [6, 6.07) is 8.43. The fraction of sp³-hybridized carbons (Fsp3) is 0.455. The van der Waals surface area contributed by atoms with Gasteiger partial charge in [0.05, 0.1) is 4.88 Å². The number of carbonyl (C=O) groups is 1. The molecule has 3 aliphatic heterocycles. The van der Waals surface area contributed by atoms with Crippen molar-refractivity contribution in [3.05, 3.63) is 40.7 Å². The van der Waals surface area contributed by atoms with Crippen LogP contribution in [-0.2, 0) is 0 Å². The summed E-state index contributed by atoms with van der Waals surface area (Å²) in [6.45, 7) is 2.52. The highest BCUT2D eigenvalue weighted by molar-refractivity contribution is 7.22. The van der Waals surface area contributed by atoms with Gasteiger partial charge < -0.3 is 0 Å². The first-order valence-electron chi connectivity index (χ1n) is 9.95. The number of fused-ring (bicyclic) bond motifs is 3. The van der Waals surface area contributed by atoms with Crippen LogP contribution in [0.5, 0.6) is 0 Å². The molecule has 5 heterocycles. The van der Waals surface area contributed by atoms with Crippen LogP contribution >= 0.6 is 22.7 Å². The molecule has 7 rings (SSSR count). The third-order valence-electron chi connectivity index (χ3n) is 7.08. The molecule has 0 amide bonds. The van der Waals surface area contributed by atoms with E-state index >= 15 is 0 Å². The van der Waals surface area contributed by atoms with Crippen molar-refractivity contribution in [1.82, 2.24) is 9.88 Å². The van der Waals surface area contributed by atoms with E-state index in [1.807, 2.05) is 11.6 Å². The summed E-state index contributed by atoms with van der Waals surface area (Å²) in [7, 11) is 0. The van der Waals surface area contributed by atoms with Crippen LogP contribution in [0.25, 0.3) is 20.7 Å². The van der Waals surface area contributed by atoms with Gasteiger partial charge in [-0.15, -0.1) is 22.7 Å². The van der Waals surface area contributed by atoms with Crippen molar-refractivity contribution >= 4 is 38.5 Å². The molecule has 3 nitrogen and oxygen atoms in total. The van der Waals surface area contributed by atoms with Crippen LogP contribution in [0.2, 0.25) is 0 Å². The first-order chi connectivity index (χ1) is 13.2. The van der Waals surface area contributed by atoms with Crippen molar-refractivity contribution in [2.75, 3.05) is 13.1 Å². The molecule has 1 aromatic carbocycles. The van der Waals surface area contributed by atoms with Crippen LogP contribution in [0.4, 0.5) is 0 Å². The maximum Gasteiger partial charge on any atom is 0.173 e. The monoisotopic (exact) mass is 394 g/mol. The second-order valence-corrected chi connectivity index (χ2v) is 10.3. The molecule has 1 atom stereocenters. The van der Waals surface area contributed by atoms with Gasteiger partial charge in [0.1, 0.15) is 5.01 Å². The van der Waals surface area contributed by atoms with Gasteiger partial charge in [-0.05, 0) is 62.1 Å². The van der Waals surface area contributed by atoms with Crippen molar-refractivity contribution < 1.29 is 4.79 Å². The Balaban J connectivity index is 1.32. The molecule has 27 heavy (non-hydrogen) atoms. The zero-order valence-electron chi connectivity index (χ0n) is 15.2. The van der Waals surface area contributed by atoms with Gasteiger partial charge in [-0.25, -0.2) is 4.98 Å². The Kier molecular flexibility index (Phi) is 3.62. The third-order valence-corrected chi connectivity index (χ3v) is 9.11. The fourth-order valence-electron chi connectivity index (χ4n) is 5.62. The number of benzene rings is 1. The van der Waals surface area contributed by atoms with Crippen LogP contribution in [0.3, 0.4) is 0 Å². The lowest BCUT2D eigenvalue weighted by Crippen LogP contribution is -2.57. The summed E-state index contributed by atoms with van der Waals surface area (Å²) >= 11 is 3.32. The van der Waals surface area contributed by atoms with Crippen molar-refractivity contribution in [3.8, 4) is 10.6 Å². The molecule has 3 aromatic rings. The molecule has 0 N–H and O–H groups in total. The summed E-state index contributed by atoms with van der Waals surface area (Å²) in [5.41, 5.74) is 1.55. The quantitative estimate of drug-likeness (QED) is 0.550. The van der Waals surface area contributed by atoms with E-state index in [1.54, 1.807) is 22.7 Å². The number of thiazole rings is 1. The second-order valence-electron chi connectivity index (χ2n) is 8.33. The Morgan fingerprint density at radius 2 is 2.11 bits per heavy atom. The minimum Gasteiger partial charge on any atom is -0.297 e. The molecule has 4 fully saturated rings. The van der Waals surface area contributed by atoms with Gasteiger partial charge in [0.15, 0.2) is 5.78 Å². The third kappa shape index (κ3) is 2.48. The molecule has 138 valence electrons. The second kappa shape index (κ2) is 5.97. The molecule has 2 bridgehead atoms. The minimum atomic E-state index is 0.353. The Morgan fingerprint density at radius 1 is 1.26 bits per heavy atom. The lowest BCUT2D eigenvalue weighted by molar-refractivity contribution is -0.0273. The number of ketones is 1. The predicted molar refractivity (Wildman–Crippen MR) is 112 cm³/mol. The van der Waals surface area contributed by atoms with E-state index in [4.69, 9.17) is 0 Å². The van der Waals surface area contributed by atoms with Crippen LogP contribution < -0.4 is 0 Å². The van der Waals surface area contributed by atoms with Gasteiger partial charge in [0.2, 0.25) is 0 Å². The molecule has 1 aliphatic carbocycles. The molecule has 1 spiro atoms. The SMILES string of the molecule is O=C(C[C@@H]1C2CCN(CC2)C12CC2)c1cc2cccc(-c3nccs3)c2s1. The Labute approximate surface area is 167 Å². The highest BCUT2D eigenvalue weighted by Gasteiger charge is 2.60. The van der Waals surface area contributed by atoms with E-state index in [-0.39, 0.29) is 0 Å². The Hall–Kier alpha value is -1.56. The van der Waals surface area contributed by atoms with Crippen molar-refractivity contribution in [2.24, 2.45) is 11.8 Å². The fourth-order valence-corrected chi connectivity index (χ4v) is 7.47. The first-order valence-corrected chi connectivity index (χ1v) is 11.6. The molecular formula is C22H22N2OS2. The van der Waals surface area contributed by atoms with Crippen LogP contribution in [0, 0.1) is 11.8 Å². The van der Waals surface area contributed by atoms with Gasteiger partial charge in [0.25, 0.3) is 0 Å². The summed E-state index contributed by atoms with van der Waals surface area (Å²) in [5, 5.41) is 4.22. The van der Waals surface area contributed by atoms with E-state index in [1.165, 1.54) is 48.9 Å². The number of piperidine rings is 3. The summed E-state index contributed by atoms with van der Waals surface area (Å²) in [4.78, 5) is 21.4. The predicted octanol–water partition coefficient (Wildman–Crippen LogP) is 5.47. The standard InChI is InChI=1S/C22H22N2OS2/c25-18(13-17-14-4-9-24(10-5-14)22(17)6-7-22)19-12-15-2-1-3-16(20(15)27-19)21-23-8-11-26-21/h1-3,8,11-12,14,17H,4-7,9-10,13H2/t17-/m1/s1. The number of hydrogen-bond acceptors (Lipinski definition) is 5. The number of rotatable bonds is 4. The lowest BCUT2D eigenvalue weighted by Gasteiger charge is -2.52. The Bertz CT molecular complexity index is 1010. The number of aromatic nitrogens is 1. The van der Waals surface area contributed by atoms with Crippen LogP contribution in [0.1, 0.15) is 41.8 Å². The number of Topliss-reactive ketones (excluding diaryl/α,β-unsaturated/α-hetero) is 1. The maximum absolute atomic E-state index is 13.3. The van der Waals surface area contributed by atoms with Crippen LogP contribution in [-0.4, -0.2) is 34.3 Å². The molecule has 2 aromatic heterocycles. The molecule has 1 saturated carbocycles. The van der Waals surface area contributed by atoms with Crippen LogP contribution in [0.15, 0.2) is 35.8 Å². The Morgan fingerprint density at radius 3 is 2.85 bits per heavy atom. The van der Waals surface area contributed by atoms with E-state index < -0.39 is 0 Å². The first kappa shape index (κ1) is 16.4. The van der Waals surface area contributed by atoms with E-state index in [9.17, 15) is 4.79 Å². The normalized spacial score (nSPS) is 28.1. The summed E-state index contributed by atoms with van der Waals surface area (Å²) in [5.74, 6) is 1.70. The van der Waals surface area contributed by atoms with Crippen molar-refractivity contribution in [2.45, 2.75) is 37.6 Å². The molecule has 0 radical (unpaired) electrons. The largest absolute Gasteiger partial charge is 0.297 e. The highest BCUT2D eigenvalue weighted by atomic mass is 32.1. The number of nitrogens with zero attached hydrogens (tertiary/aromatic N) is 2. The molecule has 4 aliphatic rings. The average molecular weight is 395 g/mol. The van der Waals surface area contributed by atoms with E-state index in [0.29, 0.717) is 17.2 Å². The van der Waals surface area contributed by atoms with E-state index in [0.717, 1.165) is 27.8 Å². The average Bonchev–Trinajstić information content (AvgIpc) is 3.11. The van der Waals surface area contributed by atoms with E-state index in [2.05, 4.69) is 34.1 Å². The molecule has 3 saturated heterocycles.